The van der Waals surface area contributed by atoms with Crippen LogP contribution in [0.3, 0.4) is 0 Å². The van der Waals surface area contributed by atoms with Crippen LogP contribution < -0.4 is 10.6 Å². The molecule has 2 amide bonds. The predicted octanol–water partition coefficient (Wildman–Crippen LogP) is 4.56. The third-order valence-corrected chi connectivity index (χ3v) is 6.84. The summed E-state index contributed by atoms with van der Waals surface area (Å²) in [5, 5.41) is 14.9. The minimum absolute atomic E-state index is 0.0360. The highest BCUT2D eigenvalue weighted by atomic mass is 16.5. The Morgan fingerprint density at radius 1 is 1.00 bits per heavy atom. The van der Waals surface area contributed by atoms with Crippen molar-refractivity contribution in [3.8, 4) is 11.1 Å². The van der Waals surface area contributed by atoms with Crippen LogP contribution >= 0.6 is 0 Å². The Bertz CT molecular complexity index is 1030. The first kappa shape index (κ1) is 24.8. The number of carboxylic acids is 1. The maximum absolute atomic E-state index is 12.9. The van der Waals surface area contributed by atoms with Crippen molar-refractivity contribution in [1.29, 1.82) is 0 Å². The number of carbonyl (C=O) groups excluding carboxylic acids is 2. The molecule has 0 radical (unpaired) electrons. The van der Waals surface area contributed by atoms with Gasteiger partial charge in [-0.2, -0.15) is 0 Å². The van der Waals surface area contributed by atoms with Crippen molar-refractivity contribution in [2.24, 2.45) is 17.8 Å². The van der Waals surface area contributed by atoms with Gasteiger partial charge in [0.05, 0.1) is 5.92 Å². The van der Waals surface area contributed by atoms with Crippen LogP contribution in [0.2, 0.25) is 0 Å². The highest BCUT2D eigenvalue weighted by Crippen LogP contribution is 2.44. The van der Waals surface area contributed by atoms with Gasteiger partial charge in [0.25, 0.3) is 0 Å². The smallest absolute Gasteiger partial charge is 0.407 e. The third-order valence-electron chi connectivity index (χ3n) is 6.84. The molecule has 1 fully saturated rings. The van der Waals surface area contributed by atoms with Crippen molar-refractivity contribution < 1.29 is 24.2 Å². The average Bonchev–Trinajstić information content (AvgIpc) is 3.60. The summed E-state index contributed by atoms with van der Waals surface area (Å²) in [6, 6.07) is 15.3. The average molecular weight is 479 g/mol. The number of carboxylic acid groups (broad SMARTS) is 1. The van der Waals surface area contributed by atoms with E-state index in [0.717, 1.165) is 35.1 Å². The Morgan fingerprint density at radius 3 is 2.14 bits per heavy atom. The first-order chi connectivity index (χ1) is 16.8. The van der Waals surface area contributed by atoms with E-state index >= 15 is 0 Å². The number of hydrogen-bond donors (Lipinski definition) is 3. The van der Waals surface area contributed by atoms with Crippen LogP contribution in [0.1, 0.15) is 56.6 Å². The first-order valence-electron chi connectivity index (χ1n) is 12.5. The minimum Gasteiger partial charge on any atom is -0.480 e. The number of alkyl carbamates (subject to hydrolysis) is 1. The molecule has 2 aliphatic carbocycles. The third kappa shape index (κ3) is 6.21. The number of aliphatic carboxylic acids is 1. The van der Waals surface area contributed by atoms with Crippen LogP contribution in [-0.2, 0) is 14.3 Å². The number of nitrogens with one attached hydrogen (secondary N) is 2. The van der Waals surface area contributed by atoms with E-state index in [1.807, 2.05) is 38.1 Å². The van der Waals surface area contributed by atoms with E-state index in [0.29, 0.717) is 18.8 Å². The first-order valence-corrected chi connectivity index (χ1v) is 12.5. The van der Waals surface area contributed by atoms with Crippen LogP contribution in [0, 0.1) is 17.8 Å². The van der Waals surface area contributed by atoms with Gasteiger partial charge in [-0.15, -0.1) is 0 Å². The van der Waals surface area contributed by atoms with Gasteiger partial charge >= 0.3 is 12.1 Å². The molecule has 35 heavy (non-hydrogen) atoms. The molecule has 1 saturated carbocycles. The molecule has 3 N–H and O–H groups in total. The minimum atomic E-state index is -1.04. The molecule has 7 heteroatoms. The molecule has 2 aromatic carbocycles. The van der Waals surface area contributed by atoms with Crippen LogP contribution in [0.4, 0.5) is 4.79 Å². The van der Waals surface area contributed by atoms with Crippen molar-refractivity contribution in [3.63, 3.8) is 0 Å². The molecule has 2 atom stereocenters. The second-order valence-electron chi connectivity index (χ2n) is 10.1. The summed E-state index contributed by atoms with van der Waals surface area (Å²) in [4.78, 5) is 37.0. The molecule has 0 bridgehead atoms. The molecule has 7 nitrogen and oxygen atoms in total. The molecular formula is C28H34N2O5. The highest BCUT2D eigenvalue weighted by molar-refractivity contribution is 5.85. The van der Waals surface area contributed by atoms with Gasteiger partial charge in [0, 0.05) is 12.5 Å². The van der Waals surface area contributed by atoms with E-state index in [2.05, 4.69) is 34.9 Å². The normalized spacial score (nSPS) is 16.2. The zero-order chi connectivity index (χ0) is 24.9. The van der Waals surface area contributed by atoms with Gasteiger partial charge < -0.3 is 20.5 Å². The Hall–Kier alpha value is -3.35. The monoisotopic (exact) mass is 478 g/mol. The maximum atomic E-state index is 12.9. The lowest BCUT2D eigenvalue weighted by Gasteiger charge is -2.22. The standard InChI is InChI=1S/C28H34N2O5/c1-17(2)13-25(27(32)33)30-26(31)19(14-18-11-12-18)15-29-28(34)35-16-24-22-9-5-3-7-20(22)21-8-4-6-10-23(21)24/h3-10,17-19,24-25H,11-16H2,1-2H3,(H,29,34)(H,30,31)(H,32,33)/t19?,25-/m0/s1. The molecule has 0 aromatic heterocycles. The Kier molecular flexibility index (Phi) is 7.73. The fraction of sp³-hybridized carbons (Fsp3) is 0.464. The zero-order valence-electron chi connectivity index (χ0n) is 20.3. The molecular weight excluding hydrogens is 444 g/mol. The van der Waals surface area contributed by atoms with Gasteiger partial charge in [-0.25, -0.2) is 9.59 Å². The molecule has 4 rings (SSSR count). The SMILES string of the molecule is CC(C)C[C@H](NC(=O)C(CNC(=O)OCC1c2ccccc2-c2ccccc21)CC1CC1)C(=O)O. The van der Waals surface area contributed by atoms with Crippen molar-refractivity contribution in [1.82, 2.24) is 10.6 Å². The number of benzene rings is 2. The number of hydrogen-bond acceptors (Lipinski definition) is 4. The number of carbonyl (C=O) groups is 3. The molecule has 2 aromatic rings. The van der Waals surface area contributed by atoms with E-state index in [-0.39, 0.29) is 30.9 Å². The summed E-state index contributed by atoms with van der Waals surface area (Å²) in [6.07, 6.45) is 2.53. The van der Waals surface area contributed by atoms with E-state index < -0.39 is 24.0 Å². The van der Waals surface area contributed by atoms with E-state index in [4.69, 9.17) is 4.74 Å². The fourth-order valence-corrected chi connectivity index (χ4v) is 4.88. The summed E-state index contributed by atoms with van der Waals surface area (Å²) in [7, 11) is 0. The number of fused-ring (bicyclic) bond motifs is 3. The van der Waals surface area contributed by atoms with Crippen molar-refractivity contribution in [3.05, 3.63) is 59.7 Å². The summed E-state index contributed by atoms with van der Waals surface area (Å²) in [5.41, 5.74) is 4.59. The van der Waals surface area contributed by atoms with Gasteiger partial charge in [-0.1, -0.05) is 75.2 Å². The second-order valence-corrected chi connectivity index (χ2v) is 10.1. The van der Waals surface area contributed by atoms with Gasteiger partial charge in [0.1, 0.15) is 12.6 Å². The molecule has 186 valence electrons. The molecule has 0 saturated heterocycles. The summed E-state index contributed by atoms with van der Waals surface area (Å²) >= 11 is 0. The molecule has 0 aliphatic heterocycles. The lowest BCUT2D eigenvalue weighted by molar-refractivity contribution is -0.143. The van der Waals surface area contributed by atoms with E-state index in [1.54, 1.807) is 0 Å². The zero-order valence-corrected chi connectivity index (χ0v) is 20.3. The lowest BCUT2D eigenvalue weighted by atomic mass is 9.98. The Morgan fingerprint density at radius 2 is 1.60 bits per heavy atom. The van der Waals surface area contributed by atoms with E-state index in [9.17, 15) is 19.5 Å². The van der Waals surface area contributed by atoms with Crippen molar-refractivity contribution in [2.45, 2.75) is 51.5 Å². The highest BCUT2D eigenvalue weighted by Gasteiger charge is 2.33. The van der Waals surface area contributed by atoms with Crippen LogP contribution in [0.15, 0.2) is 48.5 Å². The van der Waals surface area contributed by atoms with E-state index in [1.165, 1.54) is 0 Å². The van der Waals surface area contributed by atoms with Gasteiger partial charge in [-0.05, 0) is 46.9 Å². The van der Waals surface area contributed by atoms with Crippen molar-refractivity contribution in [2.75, 3.05) is 13.2 Å². The van der Waals surface area contributed by atoms with Crippen LogP contribution in [0.25, 0.3) is 11.1 Å². The largest absolute Gasteiger partial charge is 0.480 e. The quantitative estimate of drug-likeness (QED) is 0.439. The maximum Gasteiger partial charge on any atom is 0.407 e. The number of rotatable bonds is 11. The van der Waals surface area contributed by atoms with Crippen LogP contribution in [0.5, 0.6) is 0 Å². The molecule has 0 spiro atoms. The molecule has 0 heterocycles. The predicted molar refractivity (Wildman–Crippen MR) is 133 cm³/mol. The van der Waals surface area contributed by atoms with Crippen LogP contribution in [-0.4, -0.2) is 42.3 Å². The fourth-order valence-electron chi connectivity index (χ4n) is 4.88. The Balaban J connectivity index is 1.34. The summed E-state index contributed by atoms with van der Waals surface area (Å²) in [5.74, 6) is -1.31. The number of amides is 2. The second kappa shape index (κ2) is 10.9. The summed E-state index contributed by atoms with van der Waals surface area (Å²) < 4.78 is 5.59. The van der Waals surface area contributed by atoms with Crippen molar-refractivity contribution >= 4 is 18.0 Å². The Labute approximate surface area is 206 Å². The summed E-state index contributed by atoms with van der Waals surface area (Å²) in [6.45, 7) is 4.16. The number of ether oxygens (including phenoxy) is 1. The van der Waals surface area contributed by atoms with Gasteiger partial charge in [0.2, 0.25) is 5.91 Å². The molecule has 2 aliphatic rings. The molecule has 1 unspecified atom stereocenters. The van der Waals surface area contributed by atoms with Gasteiger partial charge in [0.15, 0.2) is 0 Å². The topological polar surface area (TPSA) is 105 Å². The lowest BCUT2D eigenvalue weighted by Crippen LogP contribution is -2.47. The van der Waals surface area contributed by atoms with Gasteiger partial charge in [-0.3, -0.25) is 4.79 Å².